The zero-order valence-corrected chi connectivity index (χ0v) is 10.1. The molecule has 0 aromatic heterocycles. The van der Waals surface area contributed by atoms with Gasteiger partial charge in [0.15, 0.2) is 0 Å². The lowest BCUT2D eigenvalue weighted by molar-refractivity contribution is 0.0437. The Hall–Kier alpha value is -2.00. The average Bonchev–Trinajstić information content (AvgIpc) is 2.67. The van der Waals surface area contributed by atoms with Crippen molar-refractivity contribution in [1.82, 2.24) is 0 Å². The monoisotopic (exact) mass is 259 g/mol. The standard InChI is InChI=1S/C14H10ClNO2/c15-9-4-3-5-10(8-9)16-13-11-6-1-2-7-12(11)14(17)18-13/h1-8,13,16H/t13-/m0/s1. The Morgan fingerprint density at radius 3 is 2.78 bits per heavy atom. The van der Waals surface area contributed by atoms with E-state index in [-0.39, 0.29) is 5.97 Å². The van der Waals surface area contributed by atoms with Crippen LogP contribution in [-0.4, -0.2) is 5.97 Å². The normalized spacial score (nSPS) is 17.2. The summed E-state index contributed by atoms with van der Waals surface area (Å²) in [4.78, 5) is 11.6. The molecule has 90 valence electrons. The summed E-state index contributed by atoms with van der Waals surface area (Å²) < 4.78 is 5.28. The molecule has 0 radical (unpaired) electrons. The highest BCUT2D eigenvalue weighted by Crippen LogP contribution is 2.31. The molecule has 18 heavy (non-hydrogen) atoms. The molecule has 2 aromatic rings. The lowest BCUT2D eigenvalue weighted by atomic mass is 10.1. The second-order valence-electron chi connectivity index (χ2n) is 4.03. The molecular formula is C14H10ClNO2. The number of rotatable bonds is 2. The second kappa shape index (κ2) is 4.35. The van der Waals surface area contributed by atoms with E-state index >= 15 is 0 Å². The van der Waals surface area contributed by atoms with Crippen LogP contribution in [0.3, 0.4) is 0 Å². The molecule has 0 aliphatic carbocycles. The predicted molar refractivity (Wildman–Crippen MR) is 69.7 cm³/mol. The average molecular weight is 260 g/mol. The van der Waals surface area contributed by atoms with Crippen molar-refractivity contribution in [2.24, 2.45) is 0 Å². The highest BCUT2D eigenvalue weighted by molar-refractivity contribution is 6.30. The van der Waals surface area contributed by atoms with Crippen LogP contribution in [0, 0.1) is 0 Å². The third-order valence-corrected chi connectivity index (χ3v) is 3.05. The lowest BCUT2D eigenvalue weighted by Gasteiger charge is -2.14. The second-order valence-corrected chi connectivity index (χ2v) is 4.46. The Kier molecular flexibility index (Phi) is 2.68. The maximum absolute atomic E-state index is 11.6. The molecule has 0 unspecified atom stereocenters. The fraction of sp³-hybridized carbons (Fsp3) is 0.0714. The minimum Gasteiger partial charge on any atom is -0.434 e. The number of fused-ring (bicyclic) bond motifs is 1. The van der Waals surface area contributed by atoms with Gasteiger partial charge in [-0.25, -0.2) is 4.79 Å². The quantitative estimate of drug-likeness (QED) is 0.837. The van der Waals surface area contributed by atoms with Gasteiger partial charge < -0.3 is 10.1 Å². The number of cyclic esters (lactones) is 1. The SMILES string of the molecule is O=C1O[C@H](Nc2cccc(Cl)c2)c2ccccc21. The molecule has 0 bridgehead atoms. The number of esters is 1. The van der Waals surface area contributed by atoms with Crippen molar-refractivity contribution in [3.63, 3.8) is 0 Å². The van der Waals surface area contributed by atoms with Crippen molar-refractivity contribution < 1.29 is 9.53 Å². The Bertz CT molecular complexity index is 612. The summed E-state index contributed by atoms with van der Waals surface area (Å²) in [6.07, 6.45) is -0.452. The zero-order chi connectivity index (χ0) is 12.5. The Labute approximate surface area is 109 Å². The zero-order valence-electron chi connectivity index (χ0n) is 9.39. The summed E-state index contributed by atoms with van der Waals surface area (Å²) >= 11 is 5.91. The van der Waals surface area contributed by atoms with Crippen LogP contribution in [-0.2, 0) is 4.74 Å². The first-order valence-electron chi connectivity index (χ1n) is 5.56. The smallest absolute Gasteiger partial charge is 0.340 e. The highest BCUT2D eigenvalue weighted by atomic mass is 35.5. The molecule has 4 heteroatoms. The number of ether oxygens (including phenoxy) is 1. The van der Waals surface area contributed by atoms with Crippen LogP contribution in [0.1, 0.15) is 22.1 Å². The van der Waals surface area contributed by atoms with Crippen molar-refractivity contribution in [1.29, 1.82) is 0 Å². The van der Waals surface area contributed by atoms with Crippen LogP contribution in [0.2, 0.25) is 5.02 Å². The van der Waals surface area contributed by atoms with E-state index in [0.717, 1.165) is 11.3 Å². The van der Waals surface area contributed by atoms with Crippen LogP contribution in [0.25, 0.3) is 0 Å². The number of benzene rings is 2. The molecule has 1 heterocycles. The van der Waals surface area contributed by atoms with Gasteiger partial charge in [0.1, 0.15) is 0 Å². The number of carbonyl (C=O) groups is 1. The molecule has 1 aliphatic rings. The fourth-order valence-corrected chi connectivity index (χ4v) is 2.17. The third kappa shape index (κ3) is 1.93. The van der Waals surface area contributed by atoms with Crippen LogP contribution in [0.15, 0.2) is 48.5 Å². The molecule has 0 spiro atoms. The number of carbonyl (C=O) groups excluding carboxylic acids is 1. The van der Waals surface area contributed by atoms with Gasteiger partial charge in [0.05, 0.1) is 5.56 Å². The summed E-state index contributed by atoms with van der Waals surface area (Å²) in [6.45, 7) is 0. The van der Waals surface area contributed by atoms with Gasteiger partial charge in [-0.05, 0) is 24.3 Å². The molecule has 1 aliphatic heterocycles. The topological polar surface area (TPSA) is 38.3 Å². The molecule has 0 amide bonds. The summed E-state index contributed by atoms with van der Waals surface area (Å²) in [5.74, 6) is -0.301. The lowest BCUT2D eigenvalue weighted by Crippen LogP contribution is -2.10. The first-order chi connectivity index (χ1) is 8.74. The third-order valence-electron chi connectivity index (χ3n) is 2.81. The fourth-order valence-electron chi connectivity index (χ4n) is 1.98. The molecule has 3 nitrogen and oxygen atoms in total. The van der Waals surface area contributed by atoms with Gasteiger partial charge in [0.2, 0.25) is 6.23 Å². The highest BCUT2D eigenvalue weighted by Gasteiger charge is 2.30. The number of anilines is 1. The van der Waals surface area contributed by atoms with E-state index in [0.29, 0.717) is 10.6 Å². The van der Waals surface area contributed by atoms with Crippen LogP contribution >= 0.6 is 11.6 Å². The predicted octanol–water partition coefficient (Wildman–Crippen LogP) is 3.62. The maximum atomic E-state index is 11.6. The minimum absolute atomic E-state index is 0.301. The van der Waals surface area contributed by atoms with Gasteiger partial charge in [0, 0.05) is 16.3 Å². The van der Waals surface area contributed by atoms with Crippen LogP contribution in [0.4, 0.5) is 5.69 Å². The molecule has 3 rings (SSSR count). The number of hydrogen-bond acceptors (Lipinski definition) is 3. The van der Waals surface area contributed by atoms with E-state index in [4.69, 9.17) is 16.3 Å². The van der Waals surface area contributed by atoms with Gasteiger partial charge in [-0.15, -0.1) is 0 Å². The summed E-state index contributed by atoms with van der Waals surface area (Å²) in [5.41, 5.74) is 2.27. The van der Waals surface area contributed by atoms with Crippen LogP contribution in [0.5, 0.6) is 0 Å². The maximum Gasteiger partial charge on any atom is 0.340 e. The van der Waals surface area contributed by atoms with Gasteiger partial charge in [0.25, 0.3) is 0 Å². The van der Waals surface area contributed by atoms with E-state index in [1.54, 1.807) is 18.2 Å². The van der Waals surface area contributed by atoms with Crippen molar-refractivity contribution >= 4 is 23.3 Å². The first kappa shape index (κ1) is 11.1. The van der Waals surface area contributed by atoms with E-state index in [1.807, 2.05) is 30.3 Å². The summed E-state index contributed by atoms with van der Waals surface area (Å²) in [7, 11) is 0. The first-order valence-corrected chi connectivity index (χ1v) is 5.94. The van der Waals surface area contributed by atoms with Gasteiger partial charge >= 0.3 is 5.97 Å². The van der Waals surface area contributed by atoms with E-state index in [1.165, 1.54) is 0 Å². The number of halogens is 1. The Morgan fingerprint density at radius 2 is 1.94 bits per heavy atom. The van der Waals surface area contributed by atoms with E-state index in [9.17, 15) is 4.79 Å². The van der Waals surface area contributed by atoms with Crippen molar-refractivity contribution in [3.05, 3.63) is 64.7 Å². The van der Waals surface area contributed by atoms with Gasteiger partial charge in [-0.1, -0.05) is 35.9 Å². The molecule has 2 aromatic carbocycles. The van der Waals surface area contributed by atoms with Crippen molar-refractivity contribution in [2.45, 2.75) is 6.23 Å². The summed E-state index contributed by atoms with van der Waals surface area (Å²) in [6, 6.07) is 14.6. The minimum atomic E-state index is -0.452. The Balaban J connectivity index is 1.90. The molecule has 1 N–H and O–H groups in total. The summed E-state index contributed by atoms with van der Waals surface area (Å²) in [5, 5.41) is 3.78. The van der Waals surface area contributed by atoms with Crippen molar-refractivity contribution in [3.8, 4) is 0 Å². The van der Waals surface area contributed by atoms with Gasteiger partial charge in [-0.2, -0.15) is 0 Å². The molecule has 0 saturated carbocycles. The molecule has 0 saturated heterocycles. The number of hydrogen-bond donors (Lipinski definition) is 1. The molecular weight excluding hydrogens is 250 g/mol. The molecule has 0 fully saturated rings. The van der Waals surface area contributed by atoms with E-state index in [2.05, 4.69) is 5.32 Å². The largest absolute Gasteiger partial charge is 0.434 e. The molecule has 1 atom stereocenters. The van der Waals surface area contributed by atoms with Crippen molar-refractivity contribution in [2.75, 3.05) is 5.32 Å². The van der Waals surface area contributed by atoms with Gasteiger partial charge in [-0.3, -0.25) is 0 Å². The van der Waals surface area contributed by atoms with E-state index < -0.39 is 6.23 Å². The number of nitrogens with one attached hydrogen (secondary N) is 1. The van der Waals surface area contributed by atoms with Crippen LogP contribution < -0.4 is 5.32 Å². The Morgan fingerprint density at radius 1 is 1.11 bits per heavy atom.